The van der Waals surface area contributed by atoms with Crippen LogP contribution in [0.5, 0.6) is 0 Å². The molecule has 0 saturated carbocycles. The number of aryl methyl sites for hydroxylation is 1. The summed E-state index contributed by atoms with van der Waals surface area (Å²) in [5.74, 6) is 0.638. The van der Waals surface area contributed by atoms with Crippen LogP contribution in [0.2, 0.25) is 0 Å². The van der Waals surface area contributed by atoms with Crippen LogP contribution in [0.1, 0.15) is 11.3 Å². The van der Waals surface area contributed by atoms with Gasteiger partial charge in [-0.15, -0.1) is 0 Å². The van der Waals surface area contributed by atoms with Gasteiger partial charge in [0.2, 0.25) is 0 Å². The largest absolute Gasteiger partial charge is 0.383 e. The van der Waals surface area contributed by atoms with Gasteiger partial charge in [-0.1, -0.05) is 18.2 Å². The highest BCUT2D eigenvalue weighted by molar-refractivity contribution is 9.10. The van der Waals surface area contributed by atoms with Crippen LogP contribution in [-0.2, 0) is 6.54 Å². The van der Waals surface area contributed by atoms with Crippen molar-refractivity contribution in [3.63, 3.8) is 0 Å². The minimum Gasteiger partial charge on any atom is -0.383 e. The molecule has 0 fully saturated rings. The van der Waals surface area contributed by atoms with Gasteiger partial charge in [-0.3, -0.25) is 4.98 Å². The maximum atomic E-state index is 5.97. The normalized spacial score (nSPS) is 11.1. The van der Waals surface area contributed by atoms with E-state index in [4.69, 9.17) is 5.73 Å². The van der Waals surface area contributed by atoms with Crippen molar-refractivity contribution in [2.45, 2.75) is 13.5 Å². The second-order valence-corrected chi connectivity index (χ2v) is 5.33. The lowest BCUT2D eigenvalue weighted by Crippen LogP contribution is -2.07. The quantitative estimate of drug-likeness (QED) is 0.790. The van der Waals surface area contributed by atoms with Crippen molar-refractivity contribution >= 4 is 32.7 Å². The molecule has 0 amide bonds. The Morgan fingerprint density at radius 2 is 2.11 bits per heavy atom. The van der Waals surface area contributed by atoms with Crippen molar-refractivity contribution in [2.24, 2.45) is 0 Å². The van der Waals surface area contributed by atoms with Crippen molar-refractivity contribution in [2.75, 3.05) is 5.73 Å². The van der Waals surface area contributed by atoms with Crippen LogP contribution in [0.15, 0.2) is 41.0 Å². The van der Waals surface area contributed by atoms with Crippen LogP contribution in [0.4, 0.5) is 5.82 Å². The molecule has 4 nitrogen and oxygen atoms in total. The number of nitrogens with two attached hydrogens (primary N) is 1. The number of halogens is 1. The van der Waals surface area contributed by atoms with Gasteiger partial charge < -0.3 is 5.73 Å². The van der Waals surface area contributed by atoms with Crippen molar-refractivity contribution < 1.29 is 0 Å². The molecule has 0 unspecified atom stereocenters. The van der Waals surface area contributed by atoms with E-state index in [-0.39, 0.29) is 0 Å². The number of rotatable bonds is 2. The van der Waals surface area contributed by atoms with Crippen LogP contribution in [0, 0.1) is 6.92 Å². The van der Waals surface area contributed by atoms with E-state index in [1.54, 1.807) is 10.9 Å². The Labute approximate surface area is 119 Å². The highest BCUT2D eigenvalue weighted by Crippen LogP contribution is 2.22. The van der Waals surface area contributed by atoms with E-state index in [1.807, 2.05) is 25.1 Å². The first-order valence-corrected chi connectivity index (χ1v) is 6.76. The minimum atomic E-state index is 0.638. The molecule has 5 heteroatoms. The van der Waals surface area contributed by atoms with Crippen LogP contribution >= 0.6 is 15.9 Å². The van der Waals surface area contributed by atoms with E-state index in [2.05, 4.69) is 38.1 Å². The van der Waals surface area contributed by atoms with Crippen LogP contribution in [0.25, 0.3) is 10.9 Å². The molecular weight excluding hydrogens is 304 g/mol. The van der Waals surface area contributed by atoms with E-state index in [9.17, 15) is 0 Å². The second-order valence-electron chi connectivity index (χ2n) is 4.48. The fourth-order valence-electron chi connectivity index (χ4n) is 2.19. The molecule has 0 bridgehead atoms. The zero-order chi connectivity index (χ0) is 13.4. The predicted molar refractivity (Wildman–Crippen MR) is 79.9 cm³/mol. The SMILES string of the molecule is Cc1cc(Cn2ncc(Br)c2N)c2ccccc2n1. The molecule has 19 heavy (non-hydrogen) atoms. The summed E-state index contributed by atoms with van der Waals surface area (Å²) in [6.07, 6.45) is 1.71. The Kier molecular flexibility index (Phi) is 2.98. The highest BCUT2D eigenvalue weighted by Gasteiger charge is 2.08. The summed E-state index contributed by atoms with van der Waals surface area (Å²) in [5, 5.41) is 5.41. The van der Waals surface area contributed by atoms with Gasteiger partial charge in [0, 0.05) is 11.1 Å². The van der Waals surface area contributed by atoms with Crippen LogP contribution < -0.4 is 5.73 Å². The molecule has 1 aromatic carbocycles. The Morgan fingerprint density at radius 1 is 1.32 bits per heavy atom. The topological polar surface area (TPSA) is 56.7 Å². The maximum Gasteiger partial charge on any atom is 0.136 e. The third kappa shape index (κ3) is 2.21. The van der Waals surface area contributed by atoms with E-state index in [0.29, 0.717) is 12.4 Å². The highest BCUT2D eigenvalue weighted by atomic mass is 79.9. The van der Waals surface area contributed by atoms with Crippen molar-refractivity contribution in [3.05, 3.63) is 52.3 Å². The number of pyridine rings is 1. The van der Waals surface area contributed by atoms with Gasteiger partial charge in [0.15, 0.2) is 0 Å². The van der Waals surface area contributed by atoms with Gasteiger partial charge in [-0.25, -0.2) is 4.68 Å². The number of hydrogen-bond acceptors (Lipinski definition) is 3. The Morgan fingerprint density at radius 3 is 2.84 bits per heavy atom. The molecule has 96 valence electrons. The summed E-state index contributed by atoms with van der Waals surface area (Å²) < 4.78 is 2.60. The summed E-state index contributed by atoms with van der Waals surface area (Å²) in [5.41, 5.74) is 9.14. The monoisotopic (exact) mass is 316 g/mol. The van der Waals surface area contributed by atoms with Gasteiger partial charge in [0.25, 0.3) is 0 Å². The lowest BCUT2D eigenvalue weighted by atomic mass is 10.1. The zero-order valence-corrected chi connectivity index (χ0v) is 12.1. The molecule has 0 radical (unpaired) electrons. The third-order valence-corrected chi connectivity index (χ3v) is 3.69. The van der Waals surface area contributed by atoms with Gasteiger partial charge in [0.1, 0.15) is 5.82 Å². The molecule has 2 heterocycles. The summed E-state index contributed by atoms with van der Waals surface area (Å²) in [7, 11) is 0. The molecule has 0 spiro atoms. The van der Waals surface area contributed by atoms with E-state index in [0.717, 1.165) is 21.1 Å². The summed E-state index contributed by atoms with van der Waals surface area (Å²) in [6.45, 7) is 2.64. The fourth-order valence-corrected chi connectivity index (χ4v) is 2.48. The van der Waals surface area contributed by atoms with Crippen molar-refractivity contribution in [3.8, 4) is 0 Å². The lowest BCUT2D eigenvalue weighted by molar-refractivity contribution is 0.699. The number of anilines is 1. The molecule has 0 saturated heterocycles. The maximum absolute atomic E-state index is 5.97. The summed E-state index contributed by atoms with van der Waals surface area (Å²) >= 11 is 3.37. The standard InChI is InChI=1S/C14H13BrN4/c1-9-6-10(8-19-14(16)12(15)7-17-19)11-4-2-3-5-13(11)18-9/h2-7H,8,16H2,1H3. The average molecular weight is 317 g/mol. The molecule has 0 aliphatic heterocycles. The number of hydrogen-bond donors (Lipinski definition) is 1. The second kappa shape index (κ2) is 4.66. The molecular formula is C14H13BrN4. The summed E-state index contributed by atoms with van der Waals surface area (Å²) in [6, 6.07) is 10.2. The van der Waals surface area contributed by atoms with Crippen molar-refractivity contribution in [1.82, 2.24) is 14.8 Å². The summed E-state index contributed by atoms with van der Waals surface area (Å²) in [4.78, 5) is 4.54. The first-order valence-electron chi connectivity index (χ1n) is 5.97. The number of nitrogen functional groups attached to an aromatic ring is 1. The van der Waals surface area contributed by atoms with Gasteiger partial charge >= 0.3 is 0 Å². The van der Waals surface area contributed by atoms with E-state index in [1.165, 1.54) is 5.56 Å². The number of aromatic nitrogens is 3. The minimum absolute atomic E-state index is 0.638. The molecule has 2 aromatic heterocycles. The van der Waals surface area contributed by atoms with Gasteiger partial charge in [-0.2, -0.15) is 5.10 Å². The Bertz CT molecular complexity index is 748. The van der Waals surface area contributed by atoms with E-state index >= 15 is 0 Å². The van der Waals surface area contributed by atoms with E-state index < -0.39 is 0 Å². The number of benzene rings is 1. The van der Waals surface area contributed by atoms with Gasteiger partial charge in [0.05, 0.1) is 22.7 Å². The third-order valence-electron chi connectivity index (χ3n) is 3.08. The molecule has 0 aliphatic rings. The number of nitrogens with zero attached hydrogens (tertiary/aromatic N) is 3. The predicted octanol–water partition coefficient (Wildman–Crippen LogP) is 3.13. The van der Waals surface area contributed by atoms with Crippen LogP contribution in [0.3, 0.4) is 0 Å². The number of fused-ring (bicyclic) bond motifs is 1. The molecule has 2 N–H and O–H groups in total. The van der Waals surface area contributed by atoms with Crippen LogP contribution in [-0.4, -0.2) is 14.8 Å². The zero-order valence-electron chi connectivity index (χ0n) is 10.5. The molecule has 0 atom stereocenters. The first-order chi connectivity index (χ1) is 9.15. The fraction of sp³-hybridized carbons (Fsp3) is 0.143. The smallest absolute Gasteiger partial charge is 0.136 e. The molecule has 3 aromatic rings. The molecule has 3 rings (SSSR count). The average Bonchev–Trinajstić information content (AvgIpc) is 2.70. The molecule has 0 aliphatic carbocycles. The number of para-hydroxylation sites is 1. The van der Waals surface area contributed by atoms with Crippen molar-refractivity contribution in [1.29, 1.82) is 0 Å². The Balaban J connectivity index is 2.12. The Hall–Kier alpha value is -1.88. The lowest BCUT2D eigenvalue weighted by Gasteiger charge is -2.09. The van der Waals surface area contributed by atoms with Gasteiger partial charge in [-0.05, 0) is 40.5 Å². The first kappa shape index (κ1) is 12.2.